The van der Waals surface area contributed by atoms with Gasteiger partial charge in [0, 0.05) is 24.3 Å². The summed E-state index contributed by atoms with van der Waals surface area (Å²) in [7, 11) is 1.82. The summed E-state index contributed by atoms with van der Waals surface area (Å²) in [4.78, 5) is 16.3. The number of nitrogens with zero attached hydrogens (tertiary/aromatic N) is 1. The maximum Gasteiger partial charge on any atom is 0.263 e. The van der Waals surface area contributed by atoms with E-state index in [4.69, 9.17) is 16.3 Å². The fourth-order valence-corrected chi connectivity index (χ4v) is 3.60. The van der Waals surface area contributed by atoms with E-state index in [9.17, 15) is 4.79 Å². The minimum atomic E-state index is 0.105. The third-order valence-electron chi connectivity index (χ3n) is 3.35. The molecule has 106 valence electrons. The number of aryl methyl sites for hydroxylation is 2. The van der Waals surface area contributed by atoms with Crippen molar-refractivity contribution in [1.29, 1.82) is 0 Å². The second-order valence-electron chi connectivity index (χ2n) is 4.79. The number of thiophene rings is 1. The number of halogens is 1. The van der Waals surface area contributed by atoms with Crippen molar-refractivity contribution in [3.63, 3.8) is 0 Å². The normalized spacial score (nSPS) is 14.2. The second-order valence-corrected chi connectivity index (χ2v) is 6.31. The molecule has 1 aliphatic rings. The Kier molecular flexibility index (Phi) is 5.67. The fraction of sp³-hybridized carbons (Fsp3) is 0.643. The van der Waals surface area contributed by atoms with Crippen molar-refractivity contribution in [2.45, 2.75) is 25.7 Å². The third-order valence-corrected chi connectivity index (χ3v) is 4.73. The van der Waals surface area contributed by atoms with Gasteiger partial charge in [0.25, 0.3) is 5.91 Å². The number of likely N-dealkylation sites (N-methyl/N-ethyl adjacent to an activating group) is 1. The van der Waals surface area contributed by atoms with Crippen LogP contribution in [-0.2, 0) is 17.6 Å². The van der Waals surface area contributed by atoms with E-state index in [0.29, 0.717) is 25.6 Å². The molecule has 0 bridgehead atoms. The number of hydrogen-bond acceptors (Lipinski definition) is 3. The standard InChI is InChI=1S/C14H20ClNO2S/c1-16(7-9-18-8-6-15)14(17)13-10-11-4-2-3-5-12(11)19-13/h10H,2-9H2,1H3. The van der Waals surface area contributed by atoms with Gasteiger partial charge in [0.2, 0.25) is 0 Å². The van der Waals surface area contributed by atoms with Crippen LogP contribution < -0.4 is 0 Å². The summed E-state index contributed by atoms with van der Waals surface area (Å²) in [6.45, 7) is 1.69. The molecule has 1 aliphatic carbocycles. The highest BCUT2D eigenvalue weighted by molar-refractivity contribution is 7.14. The maximum atomic E-state index is 12.3. The molecule has 5 heteroatoms. The smallest absolute Gasteiger partial charge is 0.263 e. The summed E-state index contributed by atoms with van der Waals surface area (Å²) in [5.41, 5.74) is 1.38. The Morgan fingerprint density at radius 3 is 2.95 bits per heavy atom. The molecule has 1 amide bonds. The van der Waals surface area contributed by atoms with E-state index < -0.39 is 0 Å². The van der Waals surface area contributed by atoms with E-state index in [2.05, 4.69) is 6.07 Å². The van der Waals surface area contributed by atoms with E-state index in [-0.39, 0.29) is 5.91 Å². The first-order chi connectivity index (χ1) is 9.22. The molecule has 0 radical (unpaired) electrons. The van der Waals surface area contributed by atoms with Crippen molar-refractivity contribution >= 4 is 28.8 Å². The van der Waals surface area contributed by atoms with Gasteiger partial charge >= 0.3 is 0 Å². The van der Waals surface area contributed by atoms with Crippen LogP contribution in [0.1, 0.15) is 33.0 Å². The van der Waals surface area contributed by atoms with Crippen molar-refractivity contribution in [2.24, 2.45) is 0 Å². The van der Waals surface area contributed by atoms with Gasteiger partial charge < -0.3 is 9.64 Å². The van der Waals surface area contributed by atoms with E-state index in [0.717, 1.165) is 17.7 Å². The summed E-state index contributed by atoms with van der Waals surface area (Å²) in [5.74, 6) is 0.601. The van der Waals surface area contributed by atoms with Gasteiger partial charge in [-0.25, -0.2) is 0 Å². The van der Waals surface area contributed by atoms with Gasteiger partial charge in [0.1, 0.15) is 0 Å². The van der Waals surface area contributed by atoms with Crippen molar-refractivity contribution in [2.75, 3.05) is 32.7 Å². The lowest BCUT2D eigenvalue weighted by Crippen LogP contribution is -2.29. The number of carbonyl (C=O) groups excluding carboxylic acids is 1. The number of rotatable bonds is 6. The molecule has 0 spiro atoms. The highest BCUT2D eigenvalue weighted by Gasteiger charge is 2.19. The number of amides is 1. The van der Waals surface area contributed by atoms with Gasteiger partial charge in [-0.05, 0) is 37.3 Å². The van der Waals surface area contributed by atoms with Gasteiger partial charge in [-0.3, -0.25) is 4.79 Å². The molecular weight excluding hydrogens is 282 g/mol. The minimum absolute atomic E-state index is 0.105. The van der Waals surface area contributed by atoms with Crippen LogP contribution in [0, 0.1) is 0 Å². The average Bonchev–Trinajstić information content (AvgIpc) is 2.86. The van der Waals surface area contributed by atoms with Crippen molar-refractivity contribution in [3.8, 4) is 0 Å². The van der Waals surface area contributed by atoms with E-state index in [1.165, 1.54) is 23.3 Å². The summed E-state index contributed by atoms with van der Waals surface area (Å²) in [6.07, 6.45) is 4.76. The highest BCUT2D eigenvalue weighted by atomic mass is 35.5. The number of fused-ring (bicyclic) bond motifs is 1. The molecule has 0 saturated heterocycles. The zero-order valence-electron chi connectivity index (χ0n) is 11.3. The molecule has 0 saturated carbocycles. The lowest BCUT2D eigenvalue weighted by atomic mass is 9.99. The average molecular weight is 302 g/mol. The monoisotopic (exact) mass is 301 g/mol. The number of ether oxygens (including phenoxy) is 1. The molecule has 1 heterocycles. The van der Waals surface area contributed by atoms with E-state index in [1.54, 1.807) is 16.2 Å². The van der Waals surface area contributed by atoms with E-state index in [1.807, 2.05) is 7.05 Å². The molecule has 0 N–H and O–H groups in total. The lowest BCUT2D eigenvalue weighted by Gasteiger charge is -2.15. The molecule has 0 unspecified atom stereocenters. The zero-order chi connectivity index (χ0) is 13.7. The maximum absolute atomic E-state index is 12.3. The van der Waals surface area contributed by atoms with Crippen LogP contribution in [0.25, 0.3) is 0 Å². The number of alkyl halides is 1. The van der Waals surface area contributed by atoms with Crippen LogP contribution in [0.5, 0.6) is 0 Å². The molecule has 1 aromatic rings. The Morgan fingerprint density at radius 2 is 2.21 bits per heavy atom. The van der Waals surface area contributed by atoms with Crippen LogP contribution in [0.3, 0.4) is 0 Å². The van der Waals surface area contributed by atoms with Gasteiger partial charge in [-0.1, -0.05) is 0 Å². The van der Waals surface area contributed by atoms with Gasteiger partial charge in [0.05, 0.1) is 18.1 Å². The summed E-state index contributed by atoms with van der Waals surface area (Å²) in [5, 5.41) is 0. The van der Waals surface area contributed by atoms with Crippen LogP contribution in [0.4, 0.5) is 0 Å². The Labute approximate surface area is 123 Å². The quantitative estimate of drug-likeness (QED) is 0.597. The van der Waals surface area contributed by atoms with Crippen LogP contribution in [-0.4, -0.2) is 43.5 Å². The van der Waals surface area contributed by atoms with Crippen LogP contribution >= 0.6 is 22.9 Å². The Hall–Kier alpha value is -0.580. The molecule has 19 heavy (non-hydrogen) atoms. The summed E-state index contributed by atoms with van der Waals surface area (Å²) in [6, 6.07) is 2.08. The molecule has 3 nitrogen and oxygen atoms in total. The first-order valence-electron chi connectivity index (χ1n) is 6.73. The molecule has 0 fully saturated rings. The topological polar surface area (TPSA) is 29.5 Å². The number of carbonyl (C=O) groups is 1. The molecular formula is C14H20ClNO2S. The van der Waals surface area contributed by atoms with Gasteiger partial charge in [0.15, 0.2) is 0 Å². The first-order valence-corrected chi connectivity index (χ1v) is 8.08. The molecule has 0 aromatic carbocycles. The lowest BCUT2D eigenvalue weighted by molar-refractivity contribution is 0.0716. The predicted octanol–water partition coefficient (Wildman–Crippen LogP) is 2.95. The minimum Gasteiger partial charge on any atom is -0.378 e. The summed E-state index contributed by atoms with van der Waals surface area (Å²) >= 11 is 7.19. The Balaban J connectivity index is 1.89. The third kappa shape index (κ3) is 3.94. The van der Waals surface area contributed by atoms with Crippen molar-refractivity contribution < 1.29 is 9.53 Å². The zero-order valence-corrected chi connectivity index (χ0v) is 12.9. The molecule has 0 atom stereocenters. The SMILES string of the molecule is CN(CCOCCCl)C(=O)c1cc2c(s1)CCCC2. The predicted molar refractivity (Wildman–Crippen MR) is 79.5 cm³/mol. The molecule has 2 rings (SSSR count). The van der Waals surface area contributed by atoms with Crippen molar-refractivity contribution in [1.82, 2.24) is 4.90 Å². The largest absolute Gasteiger partial charge is 0.378 e. The summed E-state index contributed by atoms with van der Waals surface area (Å²) < 4.78 is 5.30. The van der Waals surface area contributed by atoms with Crippen molar-refractivity contribution in [3.05, 3.63) is 21.4 Å². The molecule has 1 aromatic heterocycles. The highest BCUT2D eigenvalue weighted by Crippen LogP contribution is 2.30. The Bertz CT molecular complexity index is 410. The second kappa shape index (κ2) is 7.27. The number of hydrogen-bond donors (Lipinski definition) is 0. The van der Waals surface area contributed by atoms with E-state index >= 15 is 0 Å². The first kappa shape index (κ1) is 14.8. The fourth-order valence-electron chi connectivity index (χ4n) is 2.24. The van der Waals surface area contributed by atoms with Gasteiger partial charge in [-0.15, -0.1) is 22.9 Å². The van der Waals surface area contributed by atoms with Gasteiger partial charge in [-0.2, -0.15) is 0 Å². The molecule has 0 aliphatic heterocycles. The van der Waals surface area contributed by atoms with Crippen LogP contribution in [0.2, 0.25) is 0 Å². The Morgan fingerprint density at radius 1 is 1.42 bits per heavy atom. The van der Waals surface area contributed by atoms with Crippen LogP contribution in [0.15, 0.2) is 6.07 Å².